The van der Waals surface area contributed by atoms with Crippen LogP contribution in [0.1, 0.15) is 10.4 Å². The van der Waals surface area contributed by atoms with Gasteiger partial charge in [0, 0.05) is 10.0 Å². The third kappa shape index (κ3) is 3.24. The van der Waals surface area contributed by atoms with Crippen LogP contribution >= 0.6 is 15.9 Å². The van der Waals surface area contributed by atoms with Gasteiger partial charge in [-0.1, -0.05) is 22.0 Å². The minimum Gasteiger partial charge on any atom is -0.267 e. The van der Waals surface area contributed by atoms with E-state index in [4.69, 9.17) is 0 Å². The van der Waals surface area contributed by atoms with Crippen molar-refractivity contribution in [2.75, 3.05) is 5.43 Å². The Bertz CT molecular complexity index is 1220. The second-order valence-electron chi connectivity index (χ2n) is 5.64. The van der Waals surface area contributed by atoms with E-state index in [1.807, 2.05) is 0 Å². The summed E-state index contributed by atoms with van der Waals surface area (Å²) < 4.78 is 16.3. The molecule has 0 spiro atoms. The van der Waals surface area contributed by atoms with E-state index in [1.165, 1.54) is 41.5 Å². The standard InChI is InChI=1S/C18H11BrFN5O2/c19-12-3-1-2-11(8-12)17(26)23-24-10-21-16-15(18(24)27)9-22-25(16)14-6-4-13(20)5-7-14/h1-10H,(H,23,26). The lowest BCUT2D eigenvalue weighted by atomic mass is 10.2. The van der Waals surface area contributed by atoms with Crippen LogP contribution in [0.2, 0.25) is 0 Å². The first-order valence-corrected chi connectivity index (χ1v) is 8.60. The number of nitrogens with one attached hydrogen (secondary N) is 1. The first-order chi connectivity index (χ1) is 13.0. The molecule has 0 bridgehead atoms. The largest absolute Gasteiger partial charge is 0.283 e. The Morgan fingerprint density at radius 3 is 2.67 bits per heavy atom. The number of carbonyl (C=O) groups excluding carboxylic acids is 1. The van der Waals surface area contributed by atoms with Gasteiger partial charge in [0.05, 0.1) is 11.9 Å². The summed E-state index contributed by atoms with van der Waals surface area (Å²) in [7, 11) is 0. The first-order valence-electron chi connectivity index (χ1n) is 7.81. The van der Waals surface area contributed by atoms with Gasteiger partial charge in [0.15, 0.2) is 5.65 Å². The molecule has 1 N–H and O–H groups in total. The van der Waals surface area contributed by atoms with Crippen LogP contribution in [-0.2, 0) is 0 Å². The summed E-state index contributed by atoms with van der Waals surface area (Å²) >= 11 is 3.30. The molecule has 0 fully saturated rings. The van der Waals surface area contributed by atoms with Gasteiger partial charge in [-0.05, 0) is 42.5 Å². The summed E-state index contributed by atoms with van der Waals surface area (Å²) in [6, 6.07) is 12.4. The van der Waals surface area contributed by atoms with Gasteiger partial charge < -0.3 is 0 Å². The van der Waals surface area contributed by atoms with Gasteiger partial charge in [-0.25, -0.2) is 18.7 Å². The predicted molar refractivity (Wildman–Crippen MR) is 101 cm³/mol. The summed E-state index contributed by atoms with van der Waals surface area (Å²) in [4.78, 5) is 29.2. The third-order valence-electron chi connectivity index (χ3n) is 3.87. The van der Waals surface area contributed by atoms with Crippen molar-refractivity contribution >= 4 is 32.9 Å². The number of halogens is 2. The minimum atomic E-state index is -0.475. The summed E-state index contributed by atoms with van der Waals surface area (Å²) in [5.41, 5.74) is 3.28. The second kappa shape index (κ2) is 6.76. The van der Waals surface area contributed by atoms with Crippen molar-refractivity contribution in [3.8, 4) is 5.69 Å². The number of carbonyl (C=O) groups is 1. The Kier molecular flexibility index (Phi) is 4.28. The molecule has 27 heavy (non-hydrogen) atoms. The van der Waals surface area contributed by atoms with Crippen molar-refractivity contribution in [1.29, 1.82) is 0 Å². The molecule has 9 heteroatoms. The van der Waals surface area contributed by atoms with Crippen LogP contribution in [0, 0.1) is 5.82 Å². The van der Waals surface area contributed by atoms with Gasteiger partial charge in [-0.2, -0.15) is 5.10 Å². The van der Waals surface area contributed by atoms with Gasteiger partial charge in [0.2, 0.25) is 0 Å². The highest BCUT2D eigenvalue weighted by Gasteiger charge is 2.13. The number of hydrogen-bond acceptors (Lipinski definition) is 4. The molecule has 4 rings (SSSR count). The van der Waals surface area contributed by atoms with E-state index in [-0.39, 0.29) is 11.2 Å². The molecule has 0 aliphatic rings. The van der Waals surface area contributed by atoms with E-state index in [2.05, 4.69) is 31.4 Å². The molecule has 0 aliphatic carbocycles. The highest BCUT2D eigenvalue weighted by molar-refractivity contribution is 9.10. The molecule has 2 heterocycles. The third-order valence-corrected chi connectivity index (χ3v) is 4.36. The highest BCUT2D eigenvalue weighted by Crippen LogP contribution is 2.14. The van der Waals surface area contributed by atoms with Crippen molar-refractivity contribution in [2.45, 2.75) is 0 Å². The Hall–Kier alpha value is -3.33. The maximum absolute atomic E-state index is 13.1. The van der Waals surface area contributed by atoms with Crippen LogP contribution in [0.25, 0.3) is 16.7 Å². The Labute approximate surface area is 160 Å². The first kappa shape index (κ1) is 17.1. The number of aromatic nitrogens is 4. The van der Waals surface area contributed by atoms with Gasteiger partial charge in [0.25, 0.3) is 11.5 Å². The summed E-state index contributed by atoms with van der Waals surface area (Å²) in [6.07, 6.45) is 2.57. The molecule has 0 atom stereocenters. The highest BCUT2D eigenvalue weighted by atomic mass is 79.9. The lowest BCUT2D eigenvalue weighted by Crippen LogP contribution is -2.33. The van der Waals surface area contributed by atoms with Crippen LogP contribution in [0.5, 0.6) is 0 Å². The van der Waals surface area contributed by atoms with Gasteiger partial charge in [0.1, 0.15) is 17.5 Å². The molecule has 0 unspecified atom stereocenters. The summed E-state index contributed by atoms with van der Waals surface area (Å²) in [6.45, 7) is 0. The fourth-order valence-electron chi connectivity index (χ4n) is 2.57. The quantitative estimate of drug-likeness (QED) is 0.544. The van der Waals surface area contributed by atoms with E-state index in [9.17, 15) is 14.0 Å². The smallest absolute Gasteiger partial charge is 0.267 e. The molecule has 0 radical (unpaired) electrons. The molecule has 134 valence electrons. The fourth-order valence-corrected chi connectivity index (χ4v) is 2.97. The zero-order valence-electron chi connectivity index (χ0n) is 13.6. The second-order valence-corrected chi connectivity index (χ2v) is 6.56. The van der Waals surface area contributed by atoms with Crippen LogP contribution in [0.15, 0.2) is 70.3 Å². The average Bonchev–Trinajstić information content (AvgIpc) is 3.09. The molecule has 2 aromatic carbocycles. The topological polar surface area (TPSA) is 81.8 Å². The molecule has 7 nitrogen and oxygen atoms in total. The maximum Gasteiger partial charge on any atom is 0.283 e. The molecule has 4 aromatic rings. The van der Waals surface area contributed by atoms with E-state index in [0.717, 1.165) is 9.15 Å². The molecular formula is C18H11BrFN5O2. The lowest BCUT2D eigenvalue weighted by Gasteiger charge is -2.08. The Morgan fingerprint density at radius 1 is 1.15 bits per heavy atom. The summed E-state index contributed by atoms with van der Waals surface area (Å²) in [5.74, 6) is -0.828. The average molecular weight is 428 g/mol. The van der Waals surface area contributed by atoms with E-state index < -0.39 is 11.5 Å². The number of fused-ring (bicyclic) bond motifs is 1. The Morgan fingerprint density at radius 2 is 1.93 bits per heavy atom. The van der Waals surface area contributed by atoms with Crippen molar-refractivity contribution in [1.82, 2.24) is 19.4 Å². The van der Waals surface area contributed by atoms with Gasteiger partial charge in [-0.15, -0.1) is 0 Å². The zero-order chi connectivity index (χ0) is 19.0. The Balaban J connectivity index is 1.70. The zero-order valence-corrected chi connectivity index (χ0v) is 15.2. The van der Waals surface area contributed by atoms with Crippen molar-refractivity contribution in [3.63, 3.8) is 0 Å². The molecule has 0 saturated carbocycles. The van der Waals surface area contributed by atoms with Gasteiger partial charge in [-0.3, -0.25) is 15.0 Å². The SMILES string of the molecule is O=C(Nn1cnc2c(cnn2-c2ccc(F)cc2)c1=O)c1cccc(Br)c1. The number of hydrogen-bond donors (Lipinski definition) is 1. The number of benzene rings is 2. The number of amides is 1. The van der Waals surface area contributed by atoms with Crippen LogP contribution in [0.3, 0.4) is 0 Å². The molecule has 0 saturated heterocycles. The number of rotatable bonds is 3. The van der Waals surface area contributed by atoms with Crippen molar-refractivity contribution < 1.29 is 9.18 Å². The lowest BCUT2D eigenvalue weighted by molar-refractivity contribution is 0.101. The van der Waals surface area contributed by atoms with E-state index in [1.54, 1.807) is 24.3 Å². The fraction of sp³-hybridized carbons (Fsp3) is 0. The van der Waals surface area contributed by atoms with E-state index in [0.29, 0.717) is 16.9 Å². The summed E-state index contributed by atoms with van der Waals surface area (Å²) in [5, 5.41) is 4.36. The maximum atomic E-state index is 13.1. The van der Waals surface area contributed by atoms with Crippen LogP contribution in [-0.4, -0.2) is 25.3 Å². The van der Waals surface area contributed by atoms with Crippen molar-refractivity contribution in [2.24, 2.45) is 0 Å². The normalized spacial score (nSPS) is 10.9. The molecular weight excluding hydrogens is 417 g/mol. The van der Waals surface area contributed by atoms with Gasteiger partial charge >= 0.3 is 0 Å². The minimum absolute atomic E-state index is 0.219. The number of nitrogens with zero attached hydrogens (tertiary/aromatic N) is 4. The predicted octanol–water partition coefficient (Wildman–Crippen LogP) is 2.87. The molecule has 1 amide bonds. The van der Waals surface area contributed by atoms with Crippen LogP contribution < -0.4 is 11.0 Å². The van der Waals surface area contributed by atoms with Crippen LogP contribution in [0.4, 0.5) is 4.39 Å². The molecule has 0 aliphatic heterocycles. The monoisotopic (exact) mass is 427 g/mol. The van der Waals surface area contributed by atoms with E-state index >= 15 is 0 Å². The van der Waals surface area contributed by atoms with Crippen molar-refractivity contribution in [3.05, 3.63) is 87.3 Å². The molecule has 2 aromatic heterocycles.